The minimum absolute atomic E-state index is 0.172. The summed E-state index contributed by atoms with van der Waals surface area (Å²) in [5.74, 6) is -0.851. The number of nitriles is 1. The maximum atomic E-state index is 12.9. The Balaban J connectivity index is 1.72. The molecule has 0 unspecified atom stereocenters. The highest BCUT2D eigenvalue weighted by Crippen LogP contribution is 2.36. The second kappa shape index (κ2) is 6.70. The highest BCUT2D eigenvalue weighted by atomic mass is 19.4. The van der Waals surface area contributed by atoms with Crippen molar-refractivity contribution >= 4 is 5.91 Å². The number of carbonyl (C=O) groups excluding carboxylic acids is 1. The summed E-state index contributed by atoms with van der Waals surface area (Å²) >= 11 is 0. The predicted molar refractivity (Wildman–Crippen MR) is 83.3 cm³/mol. The molecule has 2 aliphatic rings. The Labute approximate surface area is 144 Å². The Morgan fingerprint density at radius 3 is 2.72 bits per heavy atom. The van der Waals surface area contributed by atoms with E-state index >= 15 is 0 Å². The van der Waals surface area contributed by atoms with Gasteiger partial charge in [0.15, 0.2) is 5.69 Å². The number of aryl methyl sites for hydroxylation is 1. The Bertz CT molecular complexity index is 683. The van der Waals surface area contributed by atoms with Crippen molar-refractivity contribution in [2.75, 3.05) is 6.54 Å². The zero-order valence-electron chi connectivity index (χ0n) is 13.9. The van der Waals surface area contributed by atoms with Gasteiger partial charge in [-0.15, -0.1) is 0 Å². The molecule has 0 radical (unpaired) electrons. The van der Waals surface area contributed by atoms with E-state index in [4.69, 9.17) is 0 Å². The summed E-state index contributed by atoms with van der Waals surface area (Å²) < 4.78 is 40.1. The molecule has 1 atom stereocenters. The molecule has 3 rings (SSSR count). The fourth-order valence-corrected chi connectivity index (χ4v) is 3.80. The smallest absolute Gasteiger partial charge is 0.354 e. The number of aromatic nitrogens is 2. The maximum absolute atomic E-state index is 12.9. The van der Waals surface area contributed by atoms with Crippen LogP contribution in [-0.4, -0.2) is 22.0 Å². The van der Waals surface area contributed by atoms with Gasteiger partial charge >= 0.3 is 6.18 Å². The molecule has 1 fully saturated rings. The molecular formula is C17H21F3N4O. The van der Waals surface area contributed by atoms with Crippen molar-refractivity contribution < 1.29 is 18.0 Å². The van der Waals surface area contributed by atoms with Gasteiger partial charge in [0.25, 0.3) is 0 Å². The van der Waals surface area contributed by atoms with Crippen molar-refractivity contribution in [1.82, 2.24) is 14.9 Å². The van der Waals surface area contributed by atoms with Gasteiger partial charge < -0.3 is 9.88 Å². The Morgan fingerprint density at radius 2 is 2.08 bits per heavy atom. The number of alkyl halides is 3. The van der Waals surface area contributed by atoms with E-state index in [9.17, 15) is 23.2 Å². The molecule has 25 heavy (non-hydrogen) atoms. The van der Waals surface area contributed by atoms with Gasteiger partial charge in [-0.3, -0.25) is 4.79 Å². The highest BCUT2D eigenvalue weighted by molar-refractivity contribution is 5.83. The largest absolute Gasteiger partial charge is 0.434 e. The summed E-state index contributed by atoms with van der Waals surface area (Å²) in [6.07, 6.45) is 2.09. The summed E-state index contributed by atoms with van der Waals surface area (Å²) in [5.41, 5.74) is -1.50. The SMILES string of the molecule is N#CC1(CNC(=O)[C@@H]2CCCn3cc(C(F)(F)F)nc32)CCCCC1. The zero-order valence-corrected chi connectivity index (χ0v) is 13.9. The van der Waals surface area contributed by atoms with Gasteiger partial charge in [-0.2, -0.15) is 18.4 Å². The monoisotopic (exact) mass is 354 g/mol. The average molecular weight is 354 g/mol. The van der Waals surface area contributed by atoms with Crippen molar-refractivity contribution in [1.29, 1.82) is 5.26 Å². The van der Waals surface area contributed by atoms with Crippen LogP contribution in [0.4, 0.5) is 13.2 Å². The second-order valence-corrected chi connectivity index (χ2v) is 7.04. The fraction of sp³-hybridized carbons (Fsp3) is 0.706. The van der Waals surface area contributed by atoms with Crippen molar-refractivity contribution in [3.05, 3.63) is 17.7 Å². The number of nitrogens with one attached hydrogen (secondary N) is 1. The fourth-order valence-electron chi connectivity index (χ4n) is 3.80. The predicted octanol–water partition coefficient (Wildman–Crippen LogP) is 3.37. The van der Waals surface area contributed by atoms with Gasteiger partial charge in [-0.05, 0) is 25.7 Å². The normalized spacial score (nSPS) is 22.7. The first-order valence-electron chi connectivity index (χ1n) is 8.68. The summed E-state index contributed by atoms with van der Waals surface area (Å²) in [6.45, 7) is 0.690. The van der Waals surface area contributed by atoms with Crippen molar-refractivity contribution in [2.45, 2.75) is 63.6 Å². The summed E-state index contributed by atoms with van der Waals surface area (Å²) in [5, 5.41) is 12.3. The van der Waals surface area contributed by atoms with E-state index in [2.05, 4.69) is 16.4 Å². The van der Waals surface area contributed by atoms with Crippen LogP contribution in [0.15, 0.2) is 6.20 Å². The highest BCUT2D eigenvalue weighted by Gasteiger charge is 2.39. The second-order valence-electron chi connectivity index (χ2n) is 7.04. The van der Waals surface area contributed by atoms with Crippen LogP contribution in [0.5, 0.6) is 0 Å². The maximum Gasteiger partial charge on any atom is 0.434 e. The van der Waals surface area contributed by atoms with Crippen molar-refractivity contribution in [3.8, 4) is 6.07 Å². The third-order valence-corrected chi connectivity index (χ3v) is 5.27. The molecule has 0 bridgehead atoms. The summed E-state index contributed by atoms with van der Waals surface area (Å²) in [6, 6.07) is 2.33. The van der Waals surface area contributed by atoms with Crippen LogP contribution < -0.4 is 5.32 Å². The first kappa shape index (κ1) is 17.8. The first-order chi connectivity index (χ1) is 11.8. The number of imidazole rings is 1. The first-order valence-corrected chi connectivity index (χ1v) is 8.68. The Morgan fingerprint density at radius 1 is 1.36 bits per heavy atom. The van der Waals surface area contributed by atoms with E-state index in [1.807, 2.05) is 0 Å². The molecule has 1 aliphatic carbocycles. The molecule has 0 aromatic carbocycles. The van der Waals surface area contributed by atoms with Crippen LogP contribution in [0.3, 0.4) is 0 Å². The lowest BCUT2D eigenvalue weighted by Crippen LogP contribution is -2.41. The van der Waals surface area contributed by atoms with E-state index in [0.29, 0.717) is 19.4 Å². The molecule has 1 saturated carbocycles. The van der Waals surface area contributed by atoms with Gasteiger partial charge in [0.2, 0.25) is 5.91 Å². The molecule has 2 heterocycles. The third-order valence-electron chi connectivity index (χ3n) is 5.27. The lowest BCUT2D eigenvalue weighted by molar-refractivity contribution is -0.141. The molecule has 0 saturated heterocycles. The number of rotatable bonds is 3. The number of hydrogen-bond acceptors (Lipinski definition) is 3. The molecule has 1 aliphatic heterocycles. The summed E-state index contributed by atoms with van der Waals surface area (Å²) in [7, 11) is 0. The van der Waals surface area contributed by atoms with E-state index in [-0.39, 0.29) is 18.3 Å². The Kier molecular flexibility index (Phi) is 4.76. The number of nitrogens with zero attached hydrogens (tertiary/aromatic N) is 3. The van der Waals surface area contributed by atoms with Gasteiger partial charge in [-0.25, -0.2) is 4.98 Å². The molecule has 1 amide bonds. The van der Waals surface area contributed by atoms with Crippen LogP contribution in [0.2, 0.25) is 0 Å². The molecular weight excluding hydrogens is 333 g/mol. The lowest BCUT2D eigenvalue weighted by Gasteiger charge is -2.31. The number of amides is 1. The molecule has 1 aromatic rings. The van der Waals surface area contributed by atoms with Crippen LogP contribution >= 0.6 is 0 Å². The number of fused-ring (bicyclic) bond motifs is 1. The van der Waals surface area contributed by atoms with E-state index in [1.54, 1.807) is 0 Å². The third kappa shape index (κ3) is 3.65. The molecule has 0 spiro atoms. The molecule has 1 N–H and O–H groups in total. The average Bonchev–Trinajstić information content (AvgIpc) is 3.05. The standard InChI is InChI=1S/C17H21F3N4O/c18-17(19,20)13-9-24-8-4-5-12(14(24)23-13)15(25)22-11-16(10-21)6-2-1-3-7-16/h9,12H,1-8,11H2,(H,22,25)/t12-/m1/s1. The van der Waals surface area contributed by atoms with Crippen LogP contribution in [0, 0.1) is 16.7 Å². The van der Waals surface area contributed by atoms with E-state index in [1.165, 1.54) is 4.57 Å². The van der Waals surface area contributed by atoms with Crippen molar-refractivity contribution in [3.63, 3.8) is 0 Å². The van der Waals surface area contributed by atoms with Gasteiger partial charge in [0.1, 0.15) is 5.82 Å². The van der Waals surface area contributed by atoms with Crippen LogP contribution in [-0.2, 0) is 17.5 Å². The molecule has 136 valence electrons. The van der Waals surface area contributed by atoms with Crippen molar-refractivity contribution in [2.24, 2.45) is 5.41 Å². The van der Waals surface area contributed by atoms with Gasteiger partial charge in [-0.1, -0.05) is 19.3 Å². The van der Waals surface area contributed by atoms with E-state index in [0.717, 1.165) is 38.3 Å². The molecule has 1 aromatic heterocycles. The number of halogens is 3. The quantitative estimate of drug-likeness (QED) is 0.905. The van der Waals surface area contributed by atoms with Gasteiger partial charge in [0.05, 0.1) is 17.4 Å². The van der Waals surface area contributed by atoms with Gasteiger partial charge in [0, 0.05) is 19.3 Å². The number of hydrogen-bond donors (Lipinski definition) is 1. The molecule has 8 heteroatoms. The minimum atomic E-state index is -4.52. The number of carbonyl (C=O) groups is 1. The minimum Gasteiger partial charge on any atom is -0.354 e. The Hall–Kier alpha value is -2.04. The summed E-state index contributed by atoms with van der Waals surface area (Å²) in [4.78, 5) is 16.2. The van der Waals surface area contributed by atoms with E-state index < -0.39 is 23.2 Å². The lowest BCUT2D eigenvalue weighted by atomic mass is 9.75. The molecule has 5 nitrogen and oxygen atoms in total. The van der Waals surface area contributed by atoms with Crippen LogP contribution in [0.1, 0.15) is 62.4 Å². The topological polar surface area (TPSA) is 70.7 Å². The zero-order chi connectivity index (χ0) is 18.1. The van der Waals surface area contributed by atoms with Crippen LogP contribution in [0.25, 0.3) is 0 Å².